The second kappa shape index (κ2) is 6.42. The molecular formula is C16H26ClN3. The summed E-state index contributed by atoms with van der Waals surface area (Å²) in [7, 11) is 0. The smallest absolute Gasteiger partial charge is 0.0634 e. The number of nitrogens with zero attached hydrogens (tertiary/aromatic N) is 2. The van der Waals surface area contributed by atoms with Crippen molar-refractivity contribution in [2.75, 3.05) is 13.1 Å². The lowest BCUT2D eigenvalue weighted by Crippen LogP contribution is -2.62. The fourth-order valence-corrected chi connectivity index (χ4v) is 2.90. The summed E-state index contributed by atoms with van der Waals surface area (Å²) >= 11 is 6.26. The Bertz CT molecular complexity index is 447. The summed E-state index contributed by atoms with van der Waals surface area (Å²) in [5.74, 6) is 0.696. The monoisotopic (exact) mass is 295 g/mol. The molecule has 0 radical (unpaired) electrons. The molecule has 0 aromatic carbocycles. The van der Waals surface area contributed by atoms with Gasteiger partial charge in [-0.3, -0.25) is 9.88 Å². The molecule has 2 atom stereocenters. The number of pyridine rings is 1. The normalized spacial score (nSPS) is 24.6. The Morgan fingerprint density at radius 2 is 2.30 bits per heavy atom. The van der Waals surface area contributed by atoms with E-state index < -0.39 is 0 Å². The molecule has 1 aliphatic rings. The lowest BCUT2D eigenvalue weighted by Gasteiger charge is -2.47. The minimum atomic E-state index is 0.149. The standard InChI is InChI=1S/C16H26ClN3/c1-5-12(2)15-10-20(16(3,4)11-19-15)9-13-6-7-18-8-14(13)17/h6-8,12,15,19H,5,9-11H2,1-4H3. The van der Waals surface area contributed by atoms with Gasteiger partial charge in [0.1, 0.15) is 0 Å². The molecule has 1 aromatic heterocycles. The molecule has 0 amide bonds. The summed E-state index contributed by atoms with van der Waals surface area (Å²) in [6.45, 7) is 12.2. The third-order valence-electron chi connectivity index (χ3n) is 4.62. The Labute approximate surface area is 127 Å². The first kappa shape index (κ1) is 15.7. The van der Waals surface area contributed by atoms with Gasteiger partial charge in [0.15, 0.2) is 0 Å². The van der Waals surface area contributed by atoms with Gasteiger partial charge in [-0.15, -0.1) is 0 Å². The molecule has 0 saturated carbocycles. The molecule has 2 rings (SSSR count). The Kier molecular flexibility index (Phi) is 5.05. The van der Waals surface area contributed by atoms with E-state index in [1.54, 1.807) is 6.20 Å². The minimum absolute atomic E-state index is 0.149. The fraction of sp³-hybridized carbons (Fsp3) is 0.688. The average Bonchev–Trinajstić information content (AvgIpc) is 2.42. The molecule has 0 bridgehead atoms. The Morgan fingerprint density at radius 1 is 1.55 bits per heavy atom. The van der Waals surface area contributed by atoms with E-state index in [-0.39, 0.29) is 5.54 Å². The van der Waals surface area contributed by atoms with E-state index >= 15 is 0 Å². The Balaban J connectivity index is 2.12. The van der Waals surface area contributed by atoms with Gasteiger partial charge in [-0.05, 0) is 31.4 Å². The molecular weight excluding hydrogens is 270 g/mol. The molecule has 1 aliphatic heterocycles. The Morgan fingerprint density at radius 3 is 2.95 bits per heavy atom. The van der Waals surface area contributed by atoms with Crippen molar-refractivity contribution in [2.24, 2.45) is 5.92 Å². The minimum Gasteiger partial charge on any atom is -0.311 e. The third-order valence-corrected chi connectivity index (χ3v) is 4.96. The summed E-state index contributed by atoms with van der Waals surface area (Å²) < 4.78 is 0. The van der Waals surface area contributed by atoms with Crippen molar-refractivity contribution in [3.8, 4) is 0 Å². The zero-order valence-electron chi connectivity index (χ0n) is 13.0. The van der Waals surface area contributed by atoms with Gasteiger partial charge < -0.3 is 5.32 Å². The van der Waals surface area contributed by atoms with Gasteiger partial charge in [-0.2, -0.15) is 0 Å². The van der Waals surface area contributed by atoms with E-state index in [0.29, 0.717) is 12.0 Å². The number of piperazine rings is 1. The van der Waals surface area contributed by atoms with Crippen molar-refractivity contribution in [1.82, 2.24) is 15.2 Å². The number of aromatic nitrogens is 1. The van der Waals surface area contributed by atoms with Crippen molar-refractivity contribution >= 4 is 11.6 Å². The summed E-state index contributed by atoms with van der Waals surface area (Å²) in [6.07, 6.45) is 4.77. The SMILES string of the molecule is CCC(C)C1CN(Cc2ccncc2Cl)C(C)(C)CN1. The molecule has 1 fully saturated rings. The van der Waals surface area contributed by atoms with E-state index in [4.69, 9.17) is 11.6 Å². The van der Waals surface area contributed by atoms with Crippen LogP contribution in [0.1, 0.15) is 39.7 Å². The van der Waals surface area contributed by atoms with Gasteiger partial charge in [-0.25, -0.2) is 0 Å². The van der Waals surface area contributed by atoms with Crippen LogP contribution in [0.4, 0.5) is 0 Å². The van der Waals surface area contributed by atoms with Gasteiger partial charge in [-0.1, -0.05) is 31.9 Å². The second-order valence-corrected chi connectivity index (χ2v) is 6.94. The van der Waals surface area contributed by atoms with E-state index in [2.05, 4.69) is 42.9 Å². The van der Waals surface area contributed by atoms with E-state index in [0.717, 1.165) is 24.7 Å². The highest BCUT2D eigenvalue weighted by Crippen LogP contribution is 2.26. The van der Waals surface area contributed by atoms with Gasteiger partial charge in [0.25, 0.3) is 0 Å². The van der Waals surface area contributed by atoms with Crippen molar-refractivity contribution in [3.05, 3.63) is 29.0 Å². The molecule has 112 valence electrons. The maximum absolute atomic E-state index is 6.26. The van der Waals surface area contributed by atoms with Crippen molar-refractivity contribution in [1.29, 1.82) is 0 Å². The van der Waals surface area contributed by atoms with Gasteiger partial charge in [0.2, 0.25) is 0 Å². The molecule has 0 aliphatic carbocycles. The topological polar surface area (TPSA) is 28.2 Å². The van der Waals surface area contributed by atoms with E-state index in [1.807, 2.05) is 12.3 Å². The molecule has 1 saturated heterocycles. The molecule has 1 aromatic rings. The zero-order chi connectivity index (χ0) is 14.8. The quantitative estimate of drug-likeness (QED) is 0.923. The van der Waals surface area contributed by atoms with Crippen LogP contribution in [0.15, 0.2) is 18.5 Å². The van der Waals surface area contributed by atoms with Crippen LogP contribution in [0.25, 0.3) is 0 Å². The second-order valence-electron chi connectivity index (χ2n) is 6.53. The van der Waals surface area contributed by atoms with Gasteiger partial charge >= 0.3 is 0 Å². The average molecular weight is 296 g/mol. The maximum Gasteiger partial charge on any atom is 0.0634 e. The molecule has 0 spiro atoms. The van der Waals surface area contributed by atoms with Crippen molar-refractivity contribution in [2.45, 2.75) is 52.2 Å². The van der Waals surface area contributed by atoms with Crippen molar-refractivity contribution < 1.29 is 0 Å². The van der Waals surface area contributed by atoms with Crippen LogP contribution in [-0.4, -0.2) is 34.6 Å². The highest BCUT2D eigenvalue weighted by molar-refractivity contribution is 6.31. The molecule has 20 heavy (non-hydrogen) atoms. The van der Waals surface area contributed by atoms with Gasteiger partial charge in [0.05, 0.1) is 5.02 Å². The van der Waals surface area contributed by atoms with E-state index in [1.165, 1.54) is 12.0 Å². The summed E-state index contributed by atoms with van der Waals surface area (Å²) in [5, 5.41) is 4.47. The first-order valence-corrected chi connectivity index (χ1v) is 7.88. The van der Waals surface area contributed by atoms with Crippen molar-refractivity contribution in [3.63, 3.8) is 0 Å². The predicted molar refractivity (Wildman–Crippen MR) is 85.0 cm³/mol. The number of hydrogen-bond acceptors (Lipinski definition) is 3. The number of nitrogens with one attached hydrogen (secondary N) is 1. The lowest BCUT2D eigenvalue weighted by atomic mass is 9.90. The summed E-state index contributed by atoms with van der Waals surface area (Å²) in [6, 6.07) is 2.59. The van der Waals surface area contributed by atoms with Crippen LogP contribution in [0, 0.1) is 5.92 Å². The van der Waals surface area contributed by atoms with Crippen LogP contribution in [0.5, 0.6) is 0 Å². The fourth-order valence-electron chi connectivity index (χ4n) is 2.72. The first-order valence-electron chi connectivity index (χ1n) is 7.51. The largest absolute Gasteiger partial charge is 0.311 e. The van der Waals surface area contributed by atoms with Gasteiger partial charge in [0, 0.05) is 43.6 Å². The molecule has 2 heterocycles. The third kappa shape index (κ3) is 3.51. The predicted octanol–water partition coefficient (Wildman–Crippen LogP) is 3.33. The molecule has 2 unspecified atom stereocenters. The van der Waals surface area contributed by atoms with Crippen LogP contribution in [-0.2, 0) is 6.54 Å². The van der Waals surface area contributed by atoms with E-state index in [9.17, 15) is 0 Å². The van der Waals surface area contributed by atoms with Crippen LogP contribution >= 0.6 is 11.6 Å². The van der Waals surface area contributed by atoms with Crippen LogP contribution in [0.3, 0.4) is 0 Å². The van der Waals surface area contributed by atoms with Crippen LogP contribution < -0.4 is 5.32 Å². The van der Waals surface area contributed by atoms with Crippen LogP contribution in [0.2, 0.25) is 5.02 Å². The lowest BCUT2D eigenvalue weighted by molar-refractivity contribution is 0.0449. The number of hydrogen-bond donors (Lipinski definition) is 1. The summed E-state index contributed by atoms with van der Waals surface area (Å²) in [5.41, 5.74) is 1.32. The highest BCUT2D eigenvalue weighted by atomic mass is 35.5. The molecule has 3 nitrogen and oxygen atoms in total. The summed E-state index contributed by atoms with van der Waals surface area (Å²) in [4.78, 5) is 6.61. The molecule has 1 N–H and O–H groups in total. The number of rotatable bonds is 4. The first-order chi connectivity index (χ1) is 9.44. The maximum atomic E-state index is 6.26. The molecule has 4 heteroatoms. The Hall–Kier alpha value is -0.640. The number of halogens is 1. The highest BCUT2D eigenvalue weighted by Gasteiger charge is 2.35. The zero-order valence-corrected chi connectivity index (χ0v) is 13.7.